The first kappa shape index (κ1) is 20.5. The summed E-state index contributed by atoms with van der Waals surface area (Å²) in [6.07, 6.45) is 0.461. The molecule has 8 nitrogen and oxygen atoms in total. The van der Waals surface area contributed by atoms with Crippen LogP contribution in [0.4, 0.5) is 14.7 Å². The quantitative estimate of drug-likeness (QED) is 0.172. The van der Waals surface area contributed by atoms with E-state index in [4.69, 9.17) is 4.42 Å². The lowest BCUT2D eigenvalue weighted by atomic mass is 10.3. The molecular weight excluding hydrogens is 382 g/mol. The third kappa shape index (κ3) is 6.77. The van der Waals surface area contributed by atoms with Crippen molar-refractivity contribution in [3.63, 3.8) is 0 Å². The van der Waals surface area contributed by atoms with Crippen molar-refractivity contribution in [2.24, 2.45) is 0 Å². The van der Waals surface area contributed by atoms with Gasteiger partial charge in [-0.15, -0.1) is 0 Å². The van der Waals surface area contributed by atoms with E-state index in [-0.39, 0.29) is 22.5 Å². The van der Waals surface area contributed by atoms with Gasteiger partial charge >= 0.3 is 5.88 Å². The predicted molar refractivity (Wildman–Crippen MR) is 94.5 cm³/mol. The van der Waals surface area contributed by atoms with Gasteiger partial charge < -0.3 is 9.73 Å². The lowest BCUT2D eigenvalue weighted by molar-refractivity contribution is -0.402. The number of nitro groups is 1. The first-order chi connectivity index (χ1) is 12.8. The number of hydrogen-bond donors (Lipinski definition) is 1. The molecule has 0 aliphatic rings. The zero-order chi connectivity index (χ0) is 19.8. The van der Waals surface area contributed by atoms with Crippen molar-refractivity contribution in [1.82, 2.24) is 15.3 Å². The molecule has 27 heavy (non-hydrogen) atoms. The third-order valence-corrected chi connectivity index (χ3v) is 4.05. The van der Waals surface area contributed by atoms with E-state index >= 15 is 0 Å². The van der Waals surface area contributed by atoms with Gasteiger partial charge in [0, 0.05) is 24.1 Å². The Morgan fingerprint density at radius 3 is 2.89 bits per heavy atom. The molecule has 0 aliphatic carbocycles. The number of thioether (sulfide) groups is 1. The average Bonchev–Trinajstić information content (AvgIpc) is 3.08. The van der Waals surface area contributed by atoms with E-state index in [1.54, 1.807) is 6.92 Å². The van der Waals surface area contributed by atoms with Crippen LogP contribution in [0.2, 0.25) is 0 Å². The fourth-order valence-corrected chi connectivity index (χ4v) is 2.78. The smallest absolute Gasteiger partial charge is 0.401 e. The highest BCUT2D eigenvalue weighted by atomic mass is 32.2. The summed E-state index contributed by atoms with van der Waals surface area (Å²) in [5, 5.41) is 13.4. The molecule has 2 heterocycles. The van der Waals surface area contributed by atoms with Crippen LogP contribution in [-0.2, 0) is 4.79 Å². The van der Waals surface area contributed by atoms with Gasteiger partial charge in [-0.2, -0.15) is 0 Å². The predicted octanol–water partition coefficient (Wildman–Crippen LogP) is 3.54. The Balaban J connectivity index is 1.71. The van der Waals surface area contributed by atoms with Crippen LogP contribution >= 0.6 is 11.8 Å². The minimum atomic E-state index is -2.65. The maximum absolute atomic E-state index is 12.7. The summed E-state index contributed by atoms with van der Waals surface area (Å²) in [5.41, 5.74) is 0.168. The maximum Gasteiger partial charge on any atom is 0.433 e. The first-order valence-electron chi connectivity index (χ1n) is 7.82. The number of nitrogens with zero attached hydrogens (tertiary/aromatic N) is 3. The second kappa shape index (κ2) is 9.76. The van der Waals surface area contributed by atoms with Crippen LogP contribution in [0.25, 0.3) is 6.08 Å². The van der Waals surface area contributed by atoms with E-state index in [9.17, 15) is 23.7 Å². The van der Waals surface area contributed by atoms with E-state index in [0.717, 1.165) is 0 Å². The third-order valence-electron chi connectivity index (χ3n) is 3.12. The van der Waals surface area contributed by atoms with Crippen LogP contribution in [-0.4, -0.2) is 33.1 Å². The monoisotopic (exact) mass is 398 g/mol. The summed E-state index contributed by atoms with van der Waals surface area (Å²) in [6.45, 7) is 1.99. The van der Waals surface area contributed by atoms with Crippen LogP contribution < -0.4 is 5.32 Å². The summed E-state index contributed by atoms with van der Waals surface area (Å²) in [7, 11) is 0. The fourth-order valence-electron chi connectivity index (χ4n) is 1.94. The Labute approximate surface area is 157 Å². The number of carbonyl (C=O) groups excluding carboxylic acids is 1. The molecule has 0 fully saturated rings. The molecule has 0 spiro atoms. The Hall–Kier alpha value is -2.82. The average molecular weight is 398 g/mol. The minimum absolute atomic E-state index is 0.193. The highest BCUT2D eigenvalue weighted by Crippen LogP contribution is 2.21. The molecule has 0 unspecified atom stereocenters. The van der Waals surface area contributed by atoms with E-state index in [1.165, 1.54) is 42.1 Å². The highest BCUT2D eigenvalue weighted by molar-refractivity contribution is 7.99. The molecule has 0 saturated carbocycles. The lowest BCUT2D eigenvalue weighted by Crippen LogP contribution is -2.22. The largest absolute Gasteiger partial charge is 0.433 e. The van der Waals surface area contributed by atoms with Crippen molar-refractivity contribution in [3.8, 4) is 0 Å². The van der Waals surface area contributed by atoms with Gasteiger partial charge in [0.05, 0.1) is 6.07 Å². The van der Waals surface area contributed by atoms with Crippen molar-refractivity contribution in [1.29, 1.82) is 0 Å². The Morgan fingerprint density at radius 1 is 1.44 bits per heavy atom. The SMILES string of the molecule is Cc1cc(C(F)F)nc(SCCCNC(=O)/C=C/c2ccc([N+](=O)[O-])o2)n1. The van der Waals surface area contributed by atoms with E-state index in [1.807, 2.05) is 0 Å². The molecule has 0 aromatic carbocycles. The van der Waals surface area contributed by atoms with Gasteiger partial charge in [0.2, 0.25) is 5.91 Å². The van der Waals surface area contributed by atoms with Crippen molar-refractivity contribution in [3.05, 3.63) is 51.5 Å². The van der Waals surface area contributed by atoms with Gasteiger partial charge in [0.15, 0.2) is 5.16 Å². The summed E-state index contributed by atoms with van der Waals surface area (Å²) >= 11 is 1.23. The standard InChI is InChI=1S/C16H16F2N4O4S/c1-10-9-12(15(17)18)21-16(20-10)27-8-2-7-19-13(23)5-3-11-4-6-14(26-11)22(24)25/h3-6,9,15H,2,7-8H2,1H3,(H,19,23)/b5-3+. The summed E-state index contributed by atoms with van der Waals surface area (Å²) < 4.78 is 30.3. The van der Waals surface area contributed by atoms with Crippen molar-refractivity contribution in [2.75, 3.05) is 12.3 Å². The molecule has 0 bridgehead atoms. The van der Waals surface area contributed by atoms with Gasteiger partial charge in [0.25, 0.3) is 6.43 Å². The first-order valence-corrected chi connectivity index (χ1v) is 8.80. The zero-order valence-corrected chi connectivity index (χ0v) is 15.0. The molecule has 1 amide bonds. The van der Waals surface area contributed by atoms with E-state index < -0.39 is 17.2 Å². The summed E-state index contributed by atoms with van der Waals surface area (Å²) in [4.78, 5) is 29.4. The van der Waals surface area contributed by atoms with Crippen molar-refractivity contribution < 1.29 is 22.9 Å². The Morgan fingerprint density at radius 2 is 2.22 bits per heavy atom. The fraction of sp³-hybridized carbons (Fsp3) is 0.312. The lowest BCUT2D eigenvalue weighted by Gasteiger charge is -2.05. The number of halogens is 2. The van der Waals surface area contributed by atoms with E-state index in [0.29, 0.717) is 24.4 Å². The zero-order valence-electron chi connectivity index (χ0n) is 14.2. The van der Waals surface area contributed by atoms with Gasteiger partial charge in [-0.1, -0.05) is 11.8 Å². The molecule has 11 heteroatoms. The van der Waals surface area contributed by atoms with Gasteiger partial charge in [-0.3, -0.25) is 14.9 Å². The topological polar surface area (TPSA) is 111 Å². The van der Waals surface area contributed by atoms with Gasteiger partial charge in [0.1, 0.15) is 16.4 Å². The molecule has 1 N–H and O–H groups in total. The van der Waals surface area contributed by atoms with Crippen LogP contribution in [0.1, 0.15) is 30.0 Å². The molecule has 0 aliphatic heterocycles. The summed E-state index contributed by atoms with van der Waals surface area (Å²) in [5.74, 6) is -0.0503. The van der Waals surface area contributed by atoms with E-state index in [2.05, 4.69) is 15.3 Å². The normalized spacial score (nSPS) is 11.3. The molecule has 2 aromatic heterocycles. The van der Waals surface area contributed by atoms with Crippen molar-refractivity contribution >= 4 is 29.6 Å². The molecule has 2 aromatic rings. The number of rotatable bonds is 9. The number of aryl methyl sites for hydroxylation is 1. The molecule has 0 saturated heterocycles. The number of alkyl halides is 2. The van der Waals surface area contributed by atoms with Crippen molar-refractivity contribution in [2.45, 2.75) is 24.9 Å². The van der Waals surface area contributed by atoms with Gasteiger partial charge in [-0.05, 0) is 31.6 Å². The van der Waals surface area contributed by atoms with Gasteiger partial charge in [-0.25, -0.2) is 18.7 Å². The minimum Gasteiger partial charge on any atom is -0.401 e. The molecule has 0 atom stereocenters. The Kier molecular flexibility index (Phi) is 7.41. The maximum atomic E-state index is 12.7. The number of amides is 1. The number of carbonyl (C=O) groups is 1. The van der Waals surface area contributed by atoms with Crippen LogP contribution in [0.15, 0.2) is 33.8 Å². The number of nitrogens with one attached hydrogen (secondary N) is 1. The van der Waals surface area contributed by atoms with Crippen LogP contribution in [0.5, 0.6) is 0 Å². The number of hydrogen-bond acceptors (Lipinski definition) is 7. The Bertz CT molecular complexity index is 842. The summed E-state index contributed by atoms with van der Waals surface area (Å²) in [6, 6.07) is 3.82. The molecule has 0 radical (unpaired) electrons. The number of aromatic nitrogens is 2. The highest BCUT2D eigenvalue weighted by Gasteiger charge is 2.12. The molecule has 2 rings (SSSR count). The second-order valence-electron chi connectivity index (χ2n) is 5.28. The second-order valence-corrected chi connectivity index (χ2v) is 6.34. The molecule has 144 valence electrons. The molecular formula is C16H16F2N4O4S. The number of furan rings is 1. The van der Waals surface area contributed by atoms with Crippen LogP contribution in [0, 0.1) is 17.0 Å². The van der Waals surface area contributed by atoms with Crippen LogP contribution in [0.3, 0.4) is 0 Å².